The average Bonchev–Trinajstić information content (AvgIpc) is 2.27. The molecule has 2 nitrogen and oxygen atoms in total. The van der Waals surface area contributed by atoms with Gasteiger partial charge in [0.15, 0.2) is 0 Å². The number of halogens is 1. The summed E-state index contributed by atoms with van der Waals surface area (Å²) < 4.78 is 1.10. The molecular weight excluding hydrogens is 276 g/mol. The van der Waals surface area contributed by atoms with Crippen LogP contribution in [0.5, 0.6) is 0 Å². The van der Waals surface area contributed by atoms with Crippen LogP contribution in [0.15, 0.2) is 22.7 Å². The Morgan fingerprint density at radius 2 is 2.00 bits per heavy atom. The molecule has 1 aromatic heterocycles. The molecule has 0 radical (unpaired) electrons. The van der Waals surface area contributed by atoms with Crippen molar-refractivity contribution in [1.82, 2.24) is 4.98 Å². The van der Waals surface area contributed by atoms with E-state index >= 15 is 0 Å². The first-order valence-electron chi connectivity index (χ1n) is 5.93. The lowest BCUT2D eigenvalue weighted by atomic mass is 10.1. The number of benzene rings is 1. The van der Waals surface area contributed by atoms with Gasteiger partial charge in [0.25, 0.3) is 0 Å². The minimum absolute atomic E-state index is 0.990. The van der Waals surface area contributed by atoms with Crippen molar-refractivity contribution < 1.29 is 0 Å². The van der Waals surface area contributed by atoms with Crippen LogP contribution in [-0.4, -0.2) is 11.5 Å². The predicted octanol–water partition coefficient (Wildman–Crippen LogP) is 4.44. The number of hydrogen-bond donors (Lipinski definition) is 1. The number of hydrogen-bond acceptors (Lipinski definition) is 2. The third-order valence-corrected chi connectivity index (χ3v) is 3.22. The second kappa shape index (κ2) is 5.05. The molecule has 0 atom stereocenters. The van der Waals surface area contributed by atoms with Gasteiger partial charge in [-0.25, -0.2) is 0 Å². The Labute approximate surface area is 111 Å². The SMILES string of the molecule is CCCNc1cc(C)nc2c(C)cc(Br)cc12. The molecule has 0 fully saturated rings. The molecule has 0 aliphatic carbocycles. The molecule has 2 aromatic rings. The van der Waals surface area contributed by atoms with Crippen LogP contribution in [0.3, 0.4) is 0 Å². The molecule has 0 spiro atoms. The largest absolute Gasteiger partial charge is 0.384 e. The van der Waals surface area contributed by atoms with E-state index in [2.05, 4.69) is 58.3 Å². The lowest BCUT2D eigenvalue weighted by Gasteiger charge is -2.12. The molecule has 0 bridgehead atoms. The van der Waals surface area contributed by atoms with Crippen molar-refractivity contribution in [3.63, 3.8) is 0 Å². The standard InChI is InChI=1S/C14H17BrN2/c1-4-5-16-13-7-10(3)17-14-9(2)6-11(15)8-12(13)14/h6-8H,4-5H2,1-3H3,(H,16,17). The summed E-state index contributed by atoms with van der Waals surface area (Å²) in [6.45, 7) is 7.30. The van der Waals surface area contributed by atoms with Crippen molar-refractivity contribution in [2.24, 2.45) is 0 Å². The normalized spacial score (nSPS) is 10.8. The summed E-state index contributed by atoms with van der Waals surface area (Å²) in [5, 5.41) is 4.66. The van der Waals surface area contributed by atoms with Gasteiger partial charge in [-0.3, -0.25) is 4.98 Å². The molecule has 0 aliphatic heterocycles. The van der Waals surface area contributed by atoms with Crippen LogP contribution in [0.1, 0.15) is 24.6 Å². The molecule has 0 amide bonds. The third-order valence-electron chi connectivity index (χ3n) is 2.76. The Kier molecular flexibility index (Phi) is 3.67. The van der Waals surface area contributed by atoms with Gasteiger partial charge in [-0.05, 0) is 44.0 Å². The van der Waals surface area contributed by atoms with Gasteiger partial charge in [0, 0.05) is 27.8 Å². The van der Waals surface area contributed by atoms with Crippen LogP contribution in [0.2, 0.25) is 0 Å². The van der Waals surface area contributed by atoms with Gasteiger partial charge >= 0.3 is 0 Å². The summed E-state index contributed by atoms with van der Waals surface area (Å²) in [6, 6.07) is 6.36. The smallest absolute Gasteiger partial charge is 0.0755 e. The van der Waals surface area contributed by atoms with Crippen molar-refractivity contribution in [3.05, 3.63) is 33.9 Å². The molecule has 0 unspecified atom stereocenters. The number of rotatable bonds is 3. The molecule has 2 rings (SSSR count). The fraction of sp³-hybridized carbons (Fsp3) is 0.357. The number of anilines is 1. The number of fused-ring (bicyclic) bond motifs is 1. The van der Waals surface area contributed by atoms with Crippen LogP contribution >= 0.6 is 15.9 Å². The van der Waals surface area contributed by atoms with Crippen LogP contribution < -0.4 is 5.32 Å². The zero-order valence-corrected chi connectivity index (χ0v) is 12.1. The number of aryl methyl sites for hydroxylation is 2. The summed E-state index contributed by atoms with van der Waals surface area (Å²) in [5.41, 5.74) is 4.53. The number of nitrogens with one attached hydrogen (secondary N) is 1. The van der Waals surface area contributed by atoms with Crippen molar-refractivity contribution in [2.45, 2.75) is 27.2 Å². The van der Waals surface area contributed by atoms with Crippen molar-refractivity contribution in [1.29, 1.82) is 0 Å². The van der Waals surface area contributed by atoms with E-state index in [9.17, 15) is 0 Å². The fourth-order valence-electron chi connectivity index (χ4n) is 1.99. The molecule has 1 N–H and O–H groups in total. The maximum Gasteiger partial charge on any atom is 0.0755 e. The van der Waals surface area contributed by atoms with E-state index < -0.39 is 0 Å². The van der Waals surface area contributed by atoms with Crippen LogP contribution in [0.25, 0.3) is 10.9 Å². The summed E-state index contributed by atoms with van der Waals surface area (Å²) in [4.78, 5) is 4.62. The first kappa shape index (κ1) is 12.4. The van der Waals surface area contributed by atoms with Gasteiger partial charge in [0.2, 0.25) is 0 Å². The van der Waals surface area contributed by atoms with Crippen molar-refractivity contribution in [2.75, 3.05) is 11.9 Å². The maximum atomic E-state index is 4.62. The predicted molar refractivity (Wildman–Crippen MR) is 77.7 cm³/mol. The number of pyridine rings is 1. The van der Waals surface area contributed by atoms with Gasteiger partial charge in [-0.2, -0.15) is 0 Å². The molecule has 0 saturated heterocycles. The van der Waals surface area contributed by atoms with Crippen molar-refractivity contribution in [3.8, 4) is 0 Å². The molecule has 17 heavy (non-hydrogen) atoms. The van der Waals surface area contributed by atoms with Gasteiger partial charge in [-0.15, -0.1) is 0 Å². The summed E-state index contributed by atoms with van der Waals surface area (Å²) in [7, 11) is 0. The molecule has 0 saturated carbocycles. The number of aromatic nitrogens is 1. The van der Waals surface area contributed by atoms with E-state index in [1.807, 2.05) is 6.92 Å². The highest BCUT2D eigenvalue weighted by Gasteiger charge is 2.07. The zero-order valence-electron chi connectivity index (χ0n) is 10.5. The molecule has 90 valence electrons. The lowest BCUT2D eigenvalue weighted by molar-refractivity contribution is 0.980. The highest BCUT2D eigenvalue weighted by atomic mass is 79.9. The Morgan fingerprint density at radius 3 is 2.71 bits per heavy atom. The highest BCUT2D eigenvalue weighted by Crippen LogP contribution is 2.29. The Balaban J connectivity index is 2.64. The van der Waals surface area contributed by atoms with E-state index in [0.29, 0.717) is 0 Å². The fourth-order valence-corrected chi connectivity index (χ4v) is 2.56. The Morgan fingerprint density at radius 1 is 1.24 bits per heavy atom. The van der Waals surface area contributed by atoms with E-state index in [-0.39, 0.29) is 0 Å². The Bertz CT molecular complexity index is 549. The minimum Gasteiger partial charge on any atom is -0.384 e. The van der Waals surface area contributed by atoms with Gasteiger partial charge in [-0.1, -0.05) is 22.9 Å². The molecular formula is C14H17BrN2. The van der Waals surface area contributed by atoms with E-state index in [1.54, 1.807) is 0 Å². The zero-order chi connectivity index (χ0) is 12.4. The minimum atomic E-state index is 0.990. The van der Waals surface area contributed by atoms with Gasteiger partial charge in [0.1, 0.15) is 0 Å². The second-order valence-electron chi connectivity index (χ2n) is 4.36. The first-order valence-corrected chi connectivity index (χ1v) is 6.72. The molecule has 3 heteroatoms. The highest BCUT2D eigenvalue weighted by molar-refractivity contribution is 9.10. The van der Waals surface area contributed by atoms with E-state index in [4.69, 9.17) is 0 Å². The maximum absolute atomic E-state index is 4.62. The number of nitrogens with zero attached hydrogens (tertiary/aromatic N) is 1. The van der Waals surface area contributed by atoms with E-state index in [0.717, 1.165) is 28.6 Å². The summed E-state index contributed by atoms with van der Waals surface area (Å²) in [6.07, 6.45) is 1.12. The molecule has 0 aliphatic rings. The average molecular weight is 293 g/mol. The third kappa shape index (κ3) is 2.60. The summed E-state index contributed by atoms with van der Waals surface area (Å²) >= 11 is 3.55. The van der Waals surface area contributed by atoms with Crippen LogP contribution in [-0.2, 0) is 0 Å². The van der Waals surface area contributed by atoms with E-state index in [1.165, 1.54) is 16.6 Å². The first-order chi connectivity index (χ1) is 8.11. The lowest BCUT2D eigenvalue weighted by Crippen LogP contribution is -2.02. The van der Waals surface area contributed by atoms with Crippen LogP contribution in [0.4, 0.5) is 5.69 Å². The van der Waals surface area contributed by atoms with Gasteiger partial charge < -0.3 is 5.32 Å². The Hall–Kier alpha value is -1.09. The topological polar surface area (TPSA) is 24.9 Å². The van der Waals surface area contributed by atoms with Crippen molar-refractivity contribution >= 4 is 32.5 Å². The summed E-state index contributed by atoms with van der Waals surface area (Å²) in [5.74, 6) is 0. The quantitative estimate of drug-likeness (QED) is 0.905. The van der Waals surface area contributed by atoms with Gasteiger partial charge in [0.05, 0.1) is 5.52 Å². The monoisotopic (exact) mass is 292 g/mol. The van der Waals surface area contributed by atoms with Crippen LogP contribution in [0, 0.1) is 13.8 Å². The second-order valence-corrected chi connectivity index (χ2v) is 5.27. The molecule has 1 aromatic carbocycles. The molecule has 1 heterocycles.